The molecule has 1 aromatic rings. The fraction of sp³-hybridized carbons (Fsp3) is 0.650. The lowest BCUT2D eigenvalue weighted by atomic mass is 10.0. The number of hydrogen-bond donors (Lipinski definition) is 2. The van der Waals surface area contributed by atoms with Gasteiger partial charge in [0.05, 0.1) is 11.6 Å². The van der Waals surface area contributed by atoms with Gasteiger partial charge < -0.3 is 24.8 Å². The lowest BCUT2D eigenvalue weighted by Gasteiger charge is -2.21. The molecule has 1 aliphatic heterocycles. The van der Waals surface area contributed by atoms with Gasteiger partial charge in [0.25, 0.3) is 0 Å². The van der Waals surface area contributed by atoms with E-state index < -0.39 is 0 Å². The average Bonchev–Trinajstić information content (AvgIpc) is 2.69. The molecule has 0 aliphatic carbocycles. The Labute approximate surface area is 167 Å². The van der Waals surface area contributed by atoms with E-state index in [-0.39, 0.29) is 6.10 Å². The van der Waals surface area contributed by atoms with E-state index in [9.17, 15) is 0 Å². The highest BCUT2D eigenvalue weighted by atomic mass is 35.5. The molecular formula is C20H32ClN3O3. The summed E-state index contributed by atoms with van der Waals surface area (Å²) in [5, 5.41) is 7.18. The zero-order valence-electron chi connectivity index (χ0n) is 16.4. The Morgan fingerprint density at radius 1 is 1.30 bits per heavy atom. The van der Waals surface area contributed by atoms with Gasteiger partial charge in [0.15, 0.2) is 5.96 Å². The number of hydrogen-bond acceptors (Lipinski definition) is 4. The summed E-state index contributed by atoms with van der Waals surface area (Å²) in [6.45, 7) is 6.78. The highest BCUT2D eigenvalue weighted by Gasteiger charge is 2.13. The fourth-order valence-electron chi connectivity index (χ4n) is 2.80. The van der Waals surface area contributed by atoms with Gasteiger partial charge in [0.1, 0.15) is 11.9 Å². The maximum Gasteiger partial charge on any atom is 0.191 e. The Hall–Kier alpha value is -1.50. The van der Waals surface area contributed by atoms with Gasteiger partial charge in [-0.1, -0.05) is 23.7 Å². The van der Waals surface area contributed by atoms with Crippen molar-refractivity contribution in [1.82, 2.24) is 10.6 Å². The maximum absolute atomic E-state index is 6.12. The number of guanidine groups is 1. The molecule has 0 bridgehead atoms. The van der Waals surface area contributed by atoms with Crippen molar-refractivity contribution >= 4 is 17.6 Å². The molecule has 1 unspecified atom stereocenters. The number of benzene rings is 1. The van der Waals surface area contributed by atoms with E-state index in [4.69, 9.17) is 25.8 Å². The summed E-state index contributed by atoms with van der Waals surface area (Å²) in [6.07, 6.45) is 3.13. The molecular weight excluding hydrogens is 366 g/mol. The first-order valence-corrected chi connectivity index (χ1v) is 10.1. The molecule has 1 aliphatic rings. The minimum absolute atomic E-state index is 0.0359. The van der Waals surface area contributed by atoms with Crippen molar-refractivity contribution in [1.29, 1.82) is 0 Å². The molecule has 7 heteroatoms. The fourth-order valence-corrected chi connectivity index (χ4v) is 2.98. The molecule has 2 rings (SSSR count). The zero-order chi connectivity index (χ0) is 19.3. The number of nitrogens with one attached hydrogen (secondary N) is 2. The minimum Gasteiger partial charge on any atom is -0.487 e. The Bertz CT molecular complexity index is 565. The highest BCUT2D eigenvalue weighted by molar-refractivity contribution is 6.32. The van der Waals surface area contributed by atoms with E-state index >= 15 is 0 Å². The Morgan fingerprint density at radius 2 is 2.07 bits per heavy atom. The quantitative estimate of drug-likeness (QED) is 0.361. The van der Waals surface area contributed by atoms with Gasteiger partial charge in [-0.25, -0.2) is 0 Å². The maximum atomic E-state index is 6.12. The minimum atomic E-state index is -0.0359. The highest BCUT2D eigenvalue weighted by Crippen LogP contribution is 2.24. The predicted molar refractivity (Wildman–Crippen MR) is 110 cm³/mol. The number of nitrogens with zero attached hydrogens (tertiary/aromatic N) is 1. The van der Waals surface area contributed by atoms with E-state index in [1.165, 1.54) is 0 Å². The third-order valence-electron chi connectivity index (χ3n) is 4.40. The normalized spacial score (nSPS) is 16.8. The van der Waals surface area contributed by atoms with Crippen LogP contribution in [0, 0.1) is 5.92 Å². The lowest BCUT2D eigenvalue weighted by molar-refractivity contribution is 0.0203. The van der Waals surface area contributed by atoms with Crippen LogP contribution in [-0.4, -0.2) is 58.6 Å². The summed E-state index contributed by atoms with van der Waals surface area (Å²) in [6, 6.07) is 7.48. The van der Waals surface area contributed by atoms with Crippen molar-refractivity contribution in [2.45, 2.75) is 32.3 Å². The molecule has 0 amide bonds. The standard InChI is InChI=1S/C20H32ClN3O3/c1-16(27-19-7-4-3-6-18(19)21)14-24-20(22-2)23-10-5-11-26-15-17-8-12-25-13-9-17/h3-4,6-7,16-17H,5,8-15H2,1-2H3,(H2,22,23,24). The number of aliphatic imine (C=N–C) groups is 1. The van der Waals surface area contributed by atoms with Crippen molar-refractivity contribution in [3.05, 3.63) is 29.3 Å². The van der Waals surface area contributed by atoms with E-state index in [1.807, 2.05) is 31.2 Å². The van der Waals surface area contributed by atoms with Crippen molar-refractivity contribution in [2.24, 2.45) is 10.9 Å². The molecule has 1 aromatic carbocycles. The molecule has 0 saturated carbocycles. The summed E-state index contributed by atoms with van der Waals surface area (Å²) in [5.41, 5.74) is 0. The lowest BCUT2D eigenvalue weighted by Crippen LogP contribution is -2.42. The number of ether oxygens (including phenoxy) is 3. The summed E-state index contributed by atoms with van der Waals surface area (Å²) >= 11 is 6.12. The van der Waals surface area contributed by atoms with Crippen molar-refractivity contribution in [3.8, 4) is 5.75 Å². The first-order chi connectivity index (χ1) is 13.2. The molecule has 1 fully saturated rings. The summed E-state index contributed by atoms with van der Waals surface area (Å²) in [7, 11) is 1.76. The van der Waals surface area contributed by atoms with E-state index in [0.717, 1.165) is 58.2 Å². The van der Waals surface area contributed by atoms with E-state index in [1.54, 1.807) is 7.05 Å². The van der Waals surface area contributed by atoms with Gasteiger partial charge in [0.2, 0.25) is 0 Å². The predicted octanol–water partition coefficient (Wildman–Crippen LogP) is 3.11. The van der Waals surface area contributed by atoms with Crippen molar-refractivity contribution < 1.29 is 14.2 Å². The molecule has 6 nitrogen and oxygen atoms in total. The second-order valence-electron chi connectivity index (χ2n) is 6.72. The van der Waals surface area contributed by atoms with Gasteiger partial charge in [-0.2, -0.15) is 0 Å². The molecule has 152 valence electrons. The van der Waals surface area contributed by atoms with Crippen LogP contribution in [0.5, 0.6) is 5.75 Å². The zero-order valence-corrected chi connectivity index (χ0v) is 17.1. The number of para-hydroxylation sites is 1. The number of halogens is 1. The first kappa shape index (κ1) is 21.8. The van der Waals surface area contributed by atoms with Crippen LogP contribution in [-0.2, 0) is 9.47 Å². The van der Waals surface area contributed by atoms with E-state index in [0.29, 0.717) is 23.2 Å². The Morgan fingerprint density at radius 3 is 2.81 bits per heavy atom. The largest absolute Gasteiger partial charge is 0.487 e. The smallest absolute Gasteiger partial charge is 0.191 e. The molecule has 1 saturated heterocycles. The Kier molecular flexibility index (Phi) is 10.3. The molecule has 0 spiro atoms. The van der Waals surface area contributed by atoms with Crippen LogP contribution in [0.3, 0.4) is 0 Å². The van der Waals surface area contributed by atoms with Crippen molar-refractivity contribution in [3.63, 3.8) is 0 Å². The van der Waals surface area contributed by atoms with Crippen LogP contribution in [0.25, 0.3) is 0 Å². The first-order valence-electron chi connectivity index (χ1n) is 9.70. The summed E-state index contributed by atoms with van der Waals surface area (Å²) in [5.74, 6) is 2.10. The van der Waals surface area contributed by atoms with Gasteiger partial charge in [-0.15, -0.1) is 0 Å². The second-order valence-corrected chi connectivity index (χ2v) is 7.13. The van der Waals surface area contributed by atoms with Gasteiger partial charge >= 0.3 is 0 Å². The van der Waals surface area contributed by atoms with Crippen LogP contribution in [0.15, 0.2) is 29.3 Å². The molecule has 27 heavy (non-hydrogen) atoms. The average molecular weight is 398 g/mol. The van der Waals surface area contributed by atoms with Gasteiger partial charge in [-0.05, 0) is 44.2 Å². The molecule has 2 N–H and O–H groups in total. The molecule has 0 radical (unpaired) electrons. The summed E-state index contributed by atoms with van der Waals surface area (Å²) in [4.78, 5) is 4.23. The van der Waals surface area contributed by atoms with Gasteiger partial charge in [-0.3, -0.25) is 4.99 Å². The van der Waals surface area contributed by atoms with Crippen LogP contribution < -0.4 is 15.4 Å². The summed E-state index contributed by atoms with van der Waals surface area (Å²) < 4.78 is 17.0. The third-order valence-corrected chi connectivity index (χ3v) is 4.71. The SMILES string of the molecule is CN=C(NCCCOCC1CCOCC1)NCC(C)Oc1ccccc1Cl. The van der Waals surface area contributed by atoms with Crippen LogP contribution in [0.1, 0.15) is 26.2 Å². The van der Waals surface area contributed by atoms with Crippen molar-refractivity contribution in [2.75, 3.05) is 46.6 Å². The van der Waals surface area contributed by atoms with Crippen LogP contribution in [0.4, 0.5) is 0 Å². The Balaban J connectivity index is 1.54. The van der Waals surface area contributed by atoms with Crippen LogP contribution >= 0.6 is 11.6 Å². The van der Waals surface area contributed by atoms with Crippen LogP contribution in [0.2, 0.25) is 5.02 Å². The molecule has 1 atom stereocenters. The topological polar surface area (TPSA) is 64.1 Å². The van der Waals surface area contributed by atoms with Gasteiger partial charge in [0, 0.05) is 40.0 Å². The third kappa shape index (κ3) is 8.82. The molecule has 0 aromatic heterocycles. The second kappa shape index (κ2) is 12.8. The monoisotopic (exact) mass is 397 g/mol. The molecule has 1 heterocycles. The number of rotatable bonds is 10. The van der Waals surface area contributed by atoms with E-state index in [2.05, 4.69) is 15.6 Å².